The van der Waals surface area contributed by atoms with E-state index in [2.05, 4.69) is 50.1 Å². The highest BCUT2D eigenvalue weighted by atomic mass is 16.1. The molecule has 0 radical (unpaired) electrons. The van der Waals surface area contributed by atoms with E-state index in [0.29, 0.717) is 18.1 Å². The van der Waals surface area contributed by atoms with E-state index in [1.807, 2.05) is 36.0 Å². The zero-order valence-electron chi connectivity index (χ0n) is 18.6. The van der Waals surface area contributed by atoms with Gasteiger partial charge in [0.15, 0.2) is 0 Å². The van der Waals surface area contributed by atoms with Gasteiger partial charge in [0.25, 0.3) is 0 Å². The lowest BCUT2D eigenvalue weighted by atomic mass is 10.0. The number of pyridine rings is 2. The molecule has 1 aliphatic heterocycles. The van der Waals surface area contributed by atoms with Crippen LogP contribution >= 0.6 is 0 Å². The Bertz CT molecular complexity index is 1470. The summed E-state index contributed by atoms with van der Waals surface area (Å²) in [6, 6.07) is 10.1. The molecule has 0 aromatic carbocycles. The number of imidazole rings is 1. The van der Waals surface area contributed by atoms with Crippen LogP contribution < -0.4 is 10.2 Å². The van der Waals surface area contributed by atoms with Crippen LogP contribution in [0.15, 0.2) is 67.8 Å². The number of amides is 1. The molecule has 1 N–H and O–H groups in total. The van der Waals surface area contributed by atoms with Crippen LogP contribution in [-0.2, 0) is 11.8 Å². The number of nitriles is 1. The number of nitrogens with one attached hydrogen (secondary N) is 1. The van der Waals surface area contributed by atoms with E-state index in [1.54, 1.807) is 23.1 Å². The molecule has 9 heteroatoms. The molecule has 5 heterocycles. The number of rotatable bonds is 5. The molecule has 5 rings (SSSR count). The van der Waals surface area contributed by atoms with E-state index in [1.165, 1.54) is 6.08 Å². The van der Waals surface area contributed by atoms with Gasteiger partial charge in [0.1, 0.15) is 23.2 Å². The van der Waals surface area contributed by atoms with E-state index in [0.717, 1.165) is 46.7 Å². The third-order valence-corrected chi connectivity index (χ3v) is 5.85. The first kappa shape index (κ1) is 21.2. The van der Waals surface area contributed by atoms with Gasteiger partial charge in [0, 0.05) is 31.9 Å². The molecule has 34 heavy (non-hydrogen) atoms. The van der Waals surface area contributed by atoms with Crippen LogP contribution in [0.25, 0.3) is 22.3 Å². The Labute approximate surface area is 196 Å². The largest absolute Gasteiger partial charge is 0.366 e. The molecule has 4 aromatic rings. The van der Waals surface area contributed by atoms with E-state index in [4.69, 9.17) is 0 Å². The Kier molecular flexibility index (Phi) is 5.40. The van der Waals surface area contributed by atoms with Crippen molar-refractivity contribution < 1.29 is 4.79 Å². The van der Waals surface area contributed by atoms with Crippen LogP contribution in [0.5, 0.6) is 0 Å². The van der Waals surface area contributed by atoms with Gasteiger partial charge in [-0.1, -0.05) is 12.7 Å². The number of fused-ring (bicyclic) bond motifs is 1. The average molecular weight is 451 g/mol. The Balaban J connectivity index is 1.45. The first-order valence-electron chi connectivity index (χ1n) is 10.8. The van der Waals surface area contributed by atoms with Crippen molar-refractivity contribution in [2.24, 2.45) is 7.05 Å². The molecule has 0 spiro atoms. The molecule has 0 unspecified atom stereocenters. The highest BCUT2D eigenvalue weighted by Crippen LogP contribution is 2.31. The topological polar surface area (TPSA) is 104 Å². The quantitative estimate of drug-likeness (QED) is 0.467. The minimum Gasteiger partial charge on any atom is -0.366 e. The molecule has 1 aliphatic rings. The number of carbonyl (C=O) groups is 1. The summed E-state index contributed by atoms with van der Waals surface area (Å²) >= 11 is 0. The Morgan fingerprint density at radius 2 is 2.09 bits per heavy atom. The van der Waals surface area contributed by atoms with Crippen molar-refractivity contribution >= 4 is 28.6 Å². The van der Waals surface area contributed by atoms with Gasteiger partial charge in [-0.05, 0) is 47.9 Å². The summed E-state index contributed by atoms with van der Waals surface area (Å²) in [6.45, 7) is 4.94. The van der Waals surface area contributed by atoms with Gasteiger partial charge < -0.3 is 10.2 Å². The first-order chi connectivity index (χ1) is 16.6. The Morgan fingerprint density at radius 1 is 1.21 bits per heavy atom. The number of anilines is 2. The SMILES string of the molecule is C=CC(=O)Nc1ccc(N2CC=C(c3cc(-c4cnn(C)c4)cc4ncc(C#N)n34)CC2)cn1. The van der Waals surface area contributed by atoms with Crippen LogP contribution in [0.3, 0.4) is 0 Å². The van der Waals surface area contributed by atoms with E-state index in [9.17, 15) is 10.1 Å². The molecule has 1 amide bonds. The number of hydrogen-bond donors (Lipinski definition) is 1. The third kappa shape index (κ3) is 3.93. The fourth-order valence-electron chi connectivity index (χ4n) is 4.13. The number of aromatic nitrogens is 5. The summed E-state index contributed by atoms with van der Waals surface area (Å²) in [5.74, 6) is 0.197. The first-order valence-corrected chi connectivity index (χ1v) is 10.8. The fourth-order valence-corrected chi connectivity index (χ4v) is 4.13. The van der Waals surface area contributed by atoms with Gasteiger partial charge in [0.2, 0.25) is 5.91 Å². The van der Waals surface area contributed by atoms with Gasteiger partial charge in [0.05, 0.1) is 30.0 Å². The van der Waals surface area contributed by atoms with Crippen LogP contribution in [0.1, 0.15) is 17.8 Å². The lowest BCUT2D eigenvalue weighted by Gasteiger charge is -2.28. The maximum absolute atomic E-state index is 11.5. The van der Waals surface area contributed by atoms with Crippen molar-refractivity contribution in [1.29, 1.82) is 5.26 Å². The van der Waals surface area contributed by atoms with Crippen molar-refractivity contribution in [2.45, 2.75) is 6.42 Å². The second-order valence-electron chi connectivity index (χ2n) is 8.00. The van der Waals surface area contributed by atoms with Crippen molar-refractivity contribution in [3.8, 4) is 17.2 Å². The summed E-state index contributed by atoms with van der Waals surface area (Å²) in [7, 11) is 1.89. The molecule has 0 fully saturated rings. The molecule has 0 aliphatic carbocycles. The summed E-state index contributed by atoms with van der Waals surface area (Å²) < 4.78 is 3.69. The minimum atomic E-state index is -0.290. The van der Waals surface area contributed by atoms with Crippen LogP contribution in [-0.4, -0.2) is 43.1 Å². The summed E-state index contributed by atoms with van der Waals surface area (Å²) in [5, 5.41) is 16.6. The van der Waals surface area contributed by atoms with Gasteiger partial charge in [-0.2, -0.15) is 10.4 Å². The van der Waals surface area contributed by atoms with Crippen molar-refractivity contribution in [1.82, 2.24) is 24.1 Å². The number of aryl methyl sites for hydroxylation is 1. The lowest BCUT2D eigenvalue weighted by Crippen LogP contribution is -2.28. The smallest absolute Gasteiger partial charge is 0.248 e. The zero-order valence-corrected chi connectivity index (χ0v) is 18.6. The molecular formula is C25H22N8O. The van der Waals surface area contributed by atoms with Crippen molar-refractivity contribution in [2.75, 3.05) is 23.3 Å². The lowest BCUT2D eigenvalue weighted by molar-refractivity contribution is -0.111. The molecular weight excluding hydrogens is 428 g/mol. The van der Waals surface area contributed by atoms with Gasteiger partial charge in [-0.3, -0.25) is 13.9 Å². The van der Waals surface area contributed by atoms with Gasteiger partial charge >= 0.3 is 0 Å². The van der Waals surface area contributed by atoms with E-state index < -0.39 is 0 Å². The predicted molar refractivity (Wildman–Crippen MR) is 130 cm³/mol. The second kappa shape index (κ2) is 8.67. The Hall–Kier alpha value is -4.71. The van der Waals surface area contributed by atoms with E-state index in [-0.39, 0.29) is 5.91 Å². The maximum Gasteiger partial charge on any atom is 0.248 e. The highest BCUT2D eigenvalue weighted by Gasteiger charge is 2.19. The fraction of sp³-hybridized carbons (Fsp3) is 0.160. The van der Waals surface area contributed by atoms with Crippen LogP contribution in [0.4, 0.5) is 11.5 Å². The molecule has 0 bridgehead atoms. The third-order valence-electron chi connectivity index (χ3n) is 5.85. The molecule has 0 atom stereocenters. The van der Waals surface area contributed by atoms with Crippen LogP contribution in [0, 0.1) is 11.3 Å². The van der Waals surface area contributed by atoms with Crippen molar-refractivity contribution in [3.05, 3.63) is 79.2 Å². The summed E-state index contributed by atoms with van der Waals surface area (Å²) in [6.07, 6.45) is 11.3. The predicted octanol–water partition coefficient (Wildman–Crippen LogP) is 3.42. The van der Waals surface area contributed by atoms with E-state index >= 15 is 0 Å². The molecule has 168 valence electrons. The molecule has 4 aromatic heterocycles. The number of hydrogen-bond acceptors (Lipinski definition) is 6. The second-order valence-corrected chi connectivity index (χ2v) is 8.00. The van der Waals surface area contributed by atoms with Crippen molar-refractivity contribution in [3.63, 3.8) is 0 Å². The summed E-state index contributed by atoms with van der Waals surface area (Å²) in [4.78, 5) is 22.5. The van der Waals surface area contributed by atoms with Crippen LogP contribution in [0.2, 0.25) is 0 Å². The zero-order chi connectivity index (χ0) is 23.7. The summed E-state index contributed by atoms with van der Waals surface area (Å²) in [5.41, 5.74) is 6.34. The number of carbonyl (C=O) groups excluding carboxylic acids is 1. The Morgan fingerprint density at radius 3 is 2.74 bits per heavy atom. The maximum atomic E-state index is 11.5. The minimum absolute atomic E-state index is 0.290. The highest BCUT2D eigenvalue weighted by molar-refractivity contribution is 5.98. The standard InChI is InChI=1S/C25H22N8O/c1-3-25(34)30-23-5-4-20(14-27-23)32-8-6-17(7-9-32)22-10-18(19-13-29-31(2)16-19)11-24-28-15-21(12-26)33(22)24/h3-6,10-11,13-16H,1,7-9H2,2H3,(H,27,30,34). The van der Waals surface area contributed by atoms with Gasteiger partial charge in [-0.15, -0.1) is 0 Å². The molecule has 0 saturated heterocycles. The molecule has 0 saturated carbocycles. The molecule has 9 nitrogen and oxygen atoms in total. The average Bonchev–Trinajstić information content (AvgIpc) is 3.50. The monoisotopic (exact) mass is 450 g/mol. The number of nitrogens with zero attached hydrogens (tertiary/aromatic N) is 7. The normalized spacial score (nSPS) is 13.4. The van der Waals surface area contributed by atoms with Gasteiger partial charge in [-0.25, -0.2) is 9.97 Å².